The Kier molecular flexibility index (Phi) is 7.73. The lowest BCUT2D eigenvalue weighted by molar-refractivity contribution is 1.02. The van der Waals surface area contributed by atoms with Crippen molar-refractivity contribution in [1.82, 2.24) is 24.1 Å². The summed E-state index contributed by atoms with van der Waals surface area (Å²) in [5.41, 5.74) is 11.7. The molecule has 254 valence electrons. The van der Waals surface area contributed by atoms with Crippen LogP contribution in [0.2, 0.25) is 0 Å². The van der Waals surface area contributed by atoms with Crippen molar-refractivity contribution in [3.63, 3.8) is 0 Å². The summed E-state index contributed by atoms with van der Waals surface area (Å²) in [6.07, 6.45) is 0. The average Bonchev–Trinajstić information content (AvgIpc) is 3.85. The van der Waals surface area contributed by atoms with Crippen LogP contribution < -0.4 is 0 Å². The van der Waals surface area contributed by atoms with Crippen LogP contribution in [0.3, 0.4) is 0 Å². The number of hydrogen-bond acceptors (Lipinski definition) is 3. The minimum absolute atomic E-state index is 0.600. The third-order valence-corrected chi connectivity index (χ3v) is 10.0. The standard InChI is InChI=1S/C49H33N5/c1-6-17-34(18-7-1)37-29-30-43-41(33-37)46-40(27-16-28-44(46)53(43)38-23-12-4-13-24-38)42-31-32-45(54(42)39-25-14-5-15-26-39)49-51-47(35-19-8-2-9-20-35)50-48(52-49)36-21-10-3-11-22-36/h1-33H. The Hall–Kier alpha value is -7.37. The van der Waals surface area contributed by atoms with Crippen LogP contribution in [0.25, 0.3) is 89.9 Å². The van der Waals surface area contributed by atoms with Gasteiger partial charge in [0.25, 0.3) is 0 Å². The molecule has 0 aliphatic rings. The molecule has 3 aromatic heterocycles. The van der Waals surface area contributed by atoms with Gasteiger partial charge < -0.3 is 9.13 Å². The van der Waals surface area contributed by atoms with Gasteiger partial charge in [0.05, 0.1) is 22.4 Å². The third kappa shape index (κ3) is 5.47. The molecule has 10 aromatic rings. The van der Waals surface area contributed by atoms with Crippen molar-refractivity contribution in [3.05, 3.63) is 200 Å². The van der Waals surface area contributed by atoms with Crippen molar-refractivity contribution < 1.29 is 0 Å². The highest BCUT2D eigenvalue weighted by molar-refractivity contribution is 6.16. The molecule has 0 aliphatic heterocycles. The first-order valence-electron chi connectivity index (χ1n) is 18.1. The molecule has 0 saturated heterocycles. The van der Waals surface area contributed by atoms with Crippen molar-refractivity contribution in [2.75, 3.05) is 0 Å². The van der Waals surface area contributed by atoms with Gasteiger partial charge in [0.1, 0.15) is 0 Å². The van der Waals surface area contributed by atoms with E-state index in [0.29, 0.717) is 17.5 Å². The summed E-state index contributed by atoms with van der Waals surface area (Å²) >= 11 is 0. The number of fused-ring (bicyclic) bond motifs is 3. The first-order chi connectivity index (χ1) is 26.8. The van der Waals surface area contributed by atoms with Gasteiger partial charge in [0.15, 0.2) is 17.5 Å². The Balaban J connectivity index is 1.26. The molecule has 0 radical (unpaired) electrons. The van der Waals surface area contributed by atoms with Crippen molar-refractivity contribution in [2.24, 2.45) is 0 Å². The largest absolute Gasteiger partial charge is 0.309 e. The second kappa shape index (κ2) is 13.3. The van der Waals surface area contributed by atoms with E-state index in [0.717, 1.165) is 50.5 Å². The number of rotatable bonds is 7. The molecule has 5 heteroatoms. The van der Waals surface area contributed by atoms with Crippen LogP contribution in [0.15, 0.2) is 200 Å². The monoisotopic (exact) mass is 691 g/mol. The number of aromatic nitrogens is 5. The van der Waals surface area contributed by atoms with Crippen LogP contribution in [0.5, 0.6) is 0 Å². The number of hydrogen-bond donors (Lipinski definition) is 0. The molecule has 5 nitrogen and oxygen atoms in total. The topological polar surface area (TPSA) is 48.5 Å². The molecule has 7 aromatic carbocycles. The molecule has 0 saturated carbocycles. The molecule has 3 heterocycles. The second-order valence-electron chi connectivity index (χ2n) is 13.3. The van der Waals surface area contributed by atoms with Gasteiger partial charge >= 0.3 is 0 Å². The SMILES string of the molecule is c1ccc(-c2ccc3c(c2)c2c(-c4ccc(-c5nc(-c6ccccc6)nc(-c6ccccc6)n5)n4-c4ccccc4)cccc2n3-c2ccccc2)cc1. The Morgan fingerprint density at radius 2 is 0.815 bits per heavy atom. The second-order valence-corrected chi connectivity index (χ2v) is 13.3. The van der Waals surface area contributed by atoms with E-state index in [2.05, 4.69) is 149 Å². The van der Waals surface area contributed by atoms with Crippen LogP contribution in [0, 0.1) is 0 Å². The van der Waals surface area contributed by atoms with E-state index in [9.17, 15) is 0 Å². The molecule has 0 fully saturated rings. The van der Waals surface area contributed by atoms with Gasteiger partial charge in [-0.05, 0) is 65.7 Å². The predicted octanol–water partition coefficient (Wildman–Crippen LogP) is 12.1. The summed E-state index contributed by atoms with van der Waals surface area (Å²) < 4.78 is 4.67. The van der Waals surface area contributed by atoms with Gasteiger partial charge in [0.2, 0.25) is 0 Å². The van der Waals surface area contributed by atoms with E-state index in [1.165, 1.54) is 21.9 Å². The zero-order valence-electron chi connectivity index (χ0n) is 29.3. The summed E-state index contributed by atoms with van der Waals surface area (Å²) in [6.45, 7) is 0. The molecule has 0 bridgehead atoms. The molecular weight excluding hydrogens is 659 g/mol. The van der Waals surface area contributed by atoms with Crippen molar-refractivity contribution in [1.29, 1.82) is 0 Å². The van der Waals surface area contributed by atoms with Crippen LogP contribution >= 0.6 is 0 Å². The molecule has 0 spiro atoms. The fourth-order valence-corrected chi connectivity index (χ4v) is 7.55. The first-order valence-corrected chi connectivity index (χ1v) is 18.1. The Morgan fingerprint density at radius 1 is 0.315 bits per heavy atom. The van der Waals surface area contributed by atoms with Crippen molar-refractivity contribution in [2.45, 2.75) is 0 Å². The number of nitrogens with zero attached hydrogens (tertiary/aromatic N) is 5. The highest BCUT2D eigenvalue weighted by atomic mass is 15.1. The Labute approximate surface area is 313 Å². The molecule has 0 atom stereocenters. The first kappa shape index (κ1) is 31.4. The Morgan fingerprint density at radius 3 is 1.41 bits per heavy atom. The summed E-state index contributed by atoms with van der Waals surface area (Å²) in [5.74, 6) is 1.86. The van der Waals surface area contributed by atoms with Crippen LogP contribution in [0.1, 0.15) is 0 Å². The maximum absolute atomic E-state index is 5.15. The predicted molar refractivity (Wildman–Crippen MR) is 221 cm³/mol. The fraction of sp³-hybridized carbons (Fsp3) is 0. The summed E-state index contributed by atoms with van der Waals surface area (Å²) in [5, 5.41) is 2.37. The summed E-state index contributed by atoms with van der Waals surface area (Å²) in [6, 6.07) is 69.8. The summed E-state index contributed by atoms with van der Waals surface area (Å²) in [7, 11) is 0. The van der Waals surface area contributed by atoms with Gasteiger partial charge in [0, 0.05) is 38.8 Å². The fourth-order valence-electron chi connectivity index (χ4n) is 7.55. The minimum Gasteiger partial charge on any atom is -0.309 e. The Bertz CT molecular complexity index is 2840. The van der Waals surface area contributed by atoms with Crippen LogP contribution in [-0.2, 0) is 0 Å². The van der Waals surface area contributed by atoms with E-state index in [-0.39, 0.29) is 0 Å². The smallest absolute Gasteiger partial charge is 0.180 e. The van der Waals surface area contributed by atoms with E-state index in [1.807, 2.05) is 60.7 Å². The molecule has 0 N–H and O–H groups in total. The molecular formula is C49H33N5. The molecule has 54 heavy (non-hydrogen) atoms. The highest BCUT2D eigenvalue weighted by Crippen LogP contribution is 2.42. The van der Waals surface area contributed by atoms with Gasteiger partial charge in [-0.15, -0.1) is 0 Å². The van der Waals surface area contributed by atoms with Crippen LogP contribution in [0.4, 0.5) is 0 Å². The average molecular weight is 692 g/mol. The molecule has 0 amide bonds. The maximum Gasteiger partial charge on any atom is 0.180 e. The number of benzene rings is 7. The van der Waals surface area contributed by atoms with Gasteiger partial charge in [-0.3, -0.25) is 0 Å². The lowest BCUT2D eigenvalue weighted by Gasteiger charge is -2.16. The maximum atomic E-state index is 5.15. The van der Waals surface area contributed by atoms with Gasteiger partial charge in [-0.2, -0.15) is 0 Å². The van der Waals surface area contributed by atoms with E-state index < -0.39 is 0 Å². The third-order valence-electron chi connectivity index (χ3n) is 10.0. The zero-order valence-corrected chi connectivity index (χ0v) is 29.3. The number of para-hydroxylation sites is 2. The van der Waals surface area contributed by atoms with E-state index >= 15 is 0 Å². The van der Waals surface area contributed by atoms with E-state index in [1.54, 1.807) is 0 Å². The van der Waals surface area contributed by atoms with Crippen molar-refractivity contribution in [3.8, 4) is 68.1 Å². The molecule has 10 rings (SSSR count). The minimum atomic E-state index is 0.600. The van der Waals surface area contributed by atoms with Crippen molar-refractivity contribution >= 4 is 21.8 Å². The highest BCUT2D eigenvalue weighted by Gasteiger charge is 2.23. The normalized spacial score (nSPS) is 11.3. The van der Waals surface area contributed by atoms with Gasteiger partial charge in [-0.1, -0.05) is 146 Å². The quantitative estimate of drug-likeness (QED) is 0.167. The summed E-state index contributed by atoms with van der Waals surface area (Å²) in [4.78, 5) is 15.3. The van der Waals surface area contributed by atoms with Gasteiger partial charge in [-0.25, -0.2) is 15.0 Å². The van der Waals surface area contributed by atoms with Crippen LogP contribution in [-0.4, -0.2) is 24.1 Å². The lowest BCUT2D eigenvalue weighted by atomic mass is 9.99. The van der Waals surface area contributed by atoms with E-state index in [4.69, 9.17) is 15.0 Å². The molecule has 0 unspecified atom stereocenters. The lowest BCUT2D eigenvalue weighted by Crippen LogP contribution is -2.05. The zero-order chi connectivity index (χ0) is 35.8. The molecule has 0 aliphatic carbocycles.